The summed E-state index contributed by atoms with van der Waals surface area (Å²) in [6, 6.07) is 17.6. The minimum Gasteiger partial charge on any atom is -0.470 e. The van der Waals surface area contributed by atoms with Crippen LogP contribution in [-0.2, 0) is 6.61 Å². The summed E-state index contributed by atoms with van der Waals surface area (Å²) >= 11 is 1.51. The van der Waals surface area contributed by atoms with Gasteiger partial charge in [-0.05, 0) is 30.7 Å². The van der Waals surface area contributed by atoms with Crippen molar-refractivity contribution in [2.75, 3.05) is 0 Å². The van der Waals surface area contributed by atoms with Crippen molar-refractivity contribution in [3.8, 4) is 27.8 Å². The first kappa shape index (κ1) is 17.4. The number of rotatable bonds is 5. The van der Waals surface area contributed by atoms with E-state index in [1.165, 1.54) is 11.3 Å². The zero-order valence-electron chi connectivity index (χ0n) is 15.6. The van der Waals surface area contributed by atoms with E-state index >= 15 is 0 Å². The lowest BCUT2D eigenvalue weighted by Gasteiger charge is -2.11. The molecule has 1 aromatic carbocycles. The van der Waals surface area contributed by atoms with E-state index in [9.17, 15) is 0 Å². The van der Waals surface area contributed by atoms with Crippen molar-refractivity contribution >= 4 is 17.0 Å². The van der Waals surface area contributed by atoms with E-state index in [4.69, 9.17) is 9.84 Å². The van der Waals surface area contributed by atoms with Gasteiger partial charge in [0.25, 0.3) is 0 Å². The van der Waals surface area contributed by atoms with Crippen LogP contribution >= 0.6 is 11.3 Å². The number of hydrogen-bond acceptors (Lipinski definition) is 7. The van der Waals surface area contributed by atoms with E-state index in [2.05, 4.69) is 20.2 Å². The van der Waals surface area contributed by atoms with Crippen LogP contribution in [0.2, 0.25) is 0 Å². The fourth-order valence-electron chi connectivity index (χ4n) is 2.96. The van der Waals surface area contributed by atoms with Gasteiger partial charge >= 0.3 is 0 Å². The summed E-state index contributed by atoms with van der Waals surface area (Å²) in [5, 5.41) is 16.1. The standard InChI is InChI=1S/C21H16N6OS/c1-14-13-29-21(23-14)19-25-24-18-11-17(15-7-3-2-4-8-15)20(26-27(18)19)28-12-16-9-5-6-10-22-16/h2-11,13H,12H2,1H3. The predicted octanol–water partition coefficient (Wildman–Crippen LogP) is 4.20. The topological polar surface area (TPSA) is 78.1 Å². The molecule has 4 heterocycles. The highest BCUT2D eigenvalue weighted by molar-refractivity contribution is 7.13. The van der Waals surface area contributed by atoms with Gasteiger partial charge in [0.1, 0.15) is 6.61 Å². The lowest BCUT2D eigenvalue weighted by molar-refractivity contribution is 0.286. The molecule has 7 nitrogen and oxygen atoms in total. The minimum absolute atomic E-state index is 0.312. The summed E-state index contributed by atoms with van der Waals surface area (Å²) in [5.41, 5.74) is 4.25. The lowest BCUT2D eigenvalue weighted by atomic mass is 10.1. The van der Waals surface area contributed by atoms with E-state index in [1.54, 1.807) is 10.7 Å². The number of aryl methyl sites for hydroxylation is 1. The Morgan fingerprint density at radius 2 is 1.90 bits per heavy atom. The maximum atomic E-state index is 6.08. The third-order valence-electron chi connectivity index (χ3n) is 4.34. The molecule has 0 saturated heterocycles. The molecule has 5 aromatic rings. The van der Waals surface area contributed by atoms with Crippen molar-refractivity contribution in [3.05, 3.63) is 77.6 Å². The van der Waals surface area contributed by atoms with Gasteiger partial charge in [-0.3, -0.25) is 4.98 Å². The summed E-state index contributed by atoms with van der Waals surface area (Å²) in [5.74, 6) is 1.09. The van der Waals surface area contributed by atoms with Crippen molar-refractivity contribution in [2.24, 2.45) is 0 Å². The highest BCUT2D eigenvalue weighted by Gasteiger charge is 2.18. The zero-order valence-corrected chi connectivity index (χ0v) is 16.4. The van der Waals surface area contributed by atoms with Gasteiger partial charge in [-0.15, -0.1) is 26.6 Å². The number of hydrogen-bond donors (Lipinski definition) is 0. The van der Waals surface area contributed by atoms with Crippen molar-refractivity contribution in [2.45, 2.75) is 13.5 Å². The molecule has 0 aliphatic carbocycles. The van der Waals surface area contributed by atoms with Crippen LogP contribution < -0.4 is 4.74 Å². The Morgan fingerprint density at radius 3 is 2.66 bits per heavy atom. The maximum Gasteiger partial charge on any atom is 0.240 e. The van der Waals surface area contributed by atoms with Gasteiger partial charge in [-0.2, -0.15) is 4.52 Å². The Kier molecular flexibility index (Phi) is 4.45. The molecule has 0 fully saturated rings. The van der Waals surface area contributed by atoms with Crippen LogP contribution in [0.1, 0.15) is 11.4 Å². The molecule has 5 rings (SSSR count). The highest BCUT2D eigenvalue weighted by atomic mass is 32.1. The van der Waals surface area contributed by atoms with Gasteiger partial charge in [0.2, 0.25) is 11.7 Å². The predicted molar refractivity (Wildman–Crippen MR) is 111 cm³/mol. The molecule has 0 aliphatic rings. The molecule has 0 amide bonds. The number of ether oxygens (including phenoxy) is 1. The van der Waals surface area contributed by atoms with Crippen LogP contribution in [0.4, 0.5) is 0 Å². The Labute approximate surface area is 170 Å². The summed E-state index contributed by atoms with van der Waals surface area (Å²) in [4.78, 5) is 8.84. The maximum absolute atomic E-state index is 6.08. The molecular formula is C21H16N6OS. The number of fused-ring (bicyclic) bond motifs is 1. The van der Waals surface area contributed by atoms with Crippen molar-refractivity contribution in [1.82, 2.24) is 29.8 Å². The van der Waals surface area contributed by atoms with Crippen LogP contribution in [0.5, 0.6) is 5.88 Å². The van der Waals surface area contributed by atoms with Gasteiger partial charge in [-0.1, -0.05) is 36.4 Å². The largest absolute Gasteiger partial charge is 0.470 e. The first-order valence-corrected chi connectivity index (χ1v) is 9.93. The minimum atomic E-state index is 0.312. The first-order valence-electron chi connectivity index (χ1n) is 9.05. The Bertz CT molecular complexity index is 1270. The van der Waals surface area contributed by atoms with Crippen LogP contribution in [0.3, 0.4) is 0 Å². The second-order valence-corrected chi connectivity index (χ2v) is 7.28. The Balaban J connectivity index is 1.62. The molecule has 29 heavy (non-hydrogen) atoms. The summed E-state index contributed by atoms with van der Waals surface area (Å²) in [7, 11) is 0. The average molecular weight is 400 g/mol. The number of aromatic nitrogens is 6. The molecule has 0 spiro atoms. The van der Waals surface area contributed by atoms with Gasteiger partial charge in [0.15, 0.2) is 10.7 Å². The smallest absolute Gasteiger partial charge is 0.240 e. The third-order valence-corrected chi connectivity index (χ3v) is 5.29. The molecule has 0 N–H and O–H groups in total. The van der Waals surface area contributed by atoms with Gasteiger partial charge in [0, 0.05) is 22.8 Å². The van der Waals surface area contributed by atoms with Gasteiger partial charge < -0.3 is 4.74 Å². The molecule has 0 bridgehead atoms. The van der Waals surface area contributed by atoms with Crippen LogP contribution in [-0.4, -0.2) is 29.8 Å². The molecule has 8 heteroatoms. The van der Waals surface area contributed by atoms with E-state index in [1.807, 2.05) is 66.9 Å². The van der Waals surface area contributed by atoms with Gasteiger partial charge in [0.05, 0.1) is 5.69 Å². The van der Waals surface area contributed by atoms with Crippen LogP contribution in [0.25, 0.3) is 27.6 Å². The van der Waals surface area contributed by atoms with Crippen LogP contribution in [0, 0.1) is 6.92 Å². The van der Waals surface area contributed by atoms with Crippen molar-refractivity contribution in [1.29, 1.82) is 0 Å². The second kappa shape index (κ2) is 7.40. The first-order chi connectivity index (χ1) is 14.3. The van der Waals surface area contributed by atoms with Crippen molar-refractivity contribution in [3.63, 3.8) is 0 Å². The molecule has 4 aromatic heterocycles. The summed E-state index contributed by atoms with van der Waals surface area (Å²) < 4.78 is 7.76. The Hall–Kier alpha value is -3.65. The van der Waals surface area contributed by atoms with Crippen molar-refractivity contribution < 1.29 is 4.74 Å². The molecule has 142 valence electrons. The van der Waals surface area contributed by atoms with Gasteiger partial charge in [-0.25, -0.2) is 4.98 Å². The Morgan fingerprint density at radius 1 is 1.03 bits per heavy atom. The molecule has 0 aliphatic heterocycles. The lowest BCUT2D eigenvalue weighted by Crippen LogP contribution is -2.05. The quantitative estimate of drug-likeness (QED) is 0.440. The molecular weight excluding hydrogens is 384 g/mol. The third kappa shape index (κ3) is 3.45. The molecule has 0 radical (unpaired) electrons. The zero-order chi connectivity index (χ0) is 19.6. The fourth-order valence-corrected chi connectivity index (χ4v) is 3.73. The molecule has 0 atom stereocenters. The fraction of sp³-hybridized carbons (Fsp3) is 0.0952. The average Bonchev–Trinajstić information content (AvgIpc) is 3.38. The number of thiazole rings is 1. The number of benzene rings is 1. The van der Waals surface area contributed by atoms with E-state index in [0.29, 0.717) is 24.0 Å². The monoisotopic (exact) mass is 400 g/mol. The summed E-state index contributed by atoms with van der Waals surface area (Å²) in [6.45, 7) is 2.26. The normalized spacial score (nSPS) is 11.1. The van der Waals surface area contributed by atoms with E-state index in [0.717, 1.165) is 27.5 Å². The SMILES string of the molecule is Cc1csc(-c2nnc3cc(-c4ccccc4)c(OCc4ccccn4)nn23)n1. The van der Waals surface area contributed by atoms with E-state index < -0.39 is 0 Å². The summed E-state index contributed by atoms with van der Waals surface area (Å²) in [6.07, 6.45) is 1.75. The number of pyridine rings is 1. The second-order valence-electron chi connectivity index (χ2n) is 6.43. The highest BCUT2D eigenvalue weighted by Crippen LogP contribution is 2.31. The number of nitrogens with zero attached hydrogens (tertiary/aromatic N) is 6. The molecule has 0 unspecified atom stereocenters. The van der Waals surface area contributed by atoms with E-state index in [-0.39, 0.29) is 0 Å². The van der Waals surface area contributed by atoms with Crippen LogP contribution in [0.15, 0.2) is 66.2 Å². The molecule has 0 saturated carbocycles.